The molecule has 1 N–H and O–H groups in total. The molecular weight excluding hydrogens is 396 g/mol. The van der Waals surface area contributed by atoms with Crippen molar-refractivity contribution in [1.29, 1.82) is 0 Å². The average molecular weight is 405 g/mol. The third-order valence-corrected chi connectivity index (χ3v) is 4.79. The van der Waals surface area contributed by atoms with Crippen LogP contribution in [0.1, 0.15) is 6.42 Å². The Bertz CT molecular complexity index is 858. The molecule has 7 nitrogen and oxygen atoms in total. The number of nitrogens with zero attached hydrogens (tertiary/aromatic N) is 2. The minimum Gasteiger partial charge on any atom is -0.314 e. The van der Waals surface area contributed by atoms with E-state index in [0.717, 1.165) is 7.05 Å². The van der Waals surface area contributed by atoms with Gasteiger partial charge in [0.1, 0.15) is 16.8 Å². The Hall–Kier alpha value is -1.92. The van der Waals surface area contributed by atoms with Crippen LogP contribution in [0.3, 0.4) is 0 Å². The molecule has 1 aliphatic rings. The SMILES string of the molecule is CN1C(=O)N(c2cc(S(=O)(=O)O)c(Cl)cc2F)C(=O)CC1C(F)(F)F. The highest BCUT2D eigenvalue weighted by atomic mass is 35.5. The number of hydrogen-bond donors (Lipinski definition) is 1. The van der Waals surface area contributed by atoms with Crippen LogP contribution in [-0.4, -0.2) is 49.1 Å². The second kappa shape index (κ2) is 6.11. The van der Waals surface area contributed by atoms with Crippen LogP contribution in [0.5, 0.6) is 0 Å². The van der Waals surface area contributed by atoms with Gasteiger partial charge in [-0.1, -0.05) is 11.6 Å². The van der Waals surface area contributed by atoms with Crippen LogP contribution in [0.25, 0.3) is 0 Å². The number of carbonyl (C=O) groups excluding carboxylic acids is 2. The van der Waals surface area contributed by atoms with Crippen molar-refractivity contribution in [3.8, 4) is 0 Å². The van der Waals surface area contributed by atoms with Gasteiger partial charge in [0.15, 0.2) is 0 Å². The fourth-order valence-corrected chi connectivity index (χ4v) is 3.26. The van der Waals surface area contributed by atoms with Crippen LogP contribution in [0.15, 0.2) is 17.0 Å². The van der Waals surface area contributed by atoms with Gasteiger partial charge in [0.05, 0.1) is 17.1 Å². The molecule has 1 aliphatic heterocycles. The second-order valence-electron chi connectivity index (χ2n) is 5.09. The zero-order valence-electron chi connectivity index (χ0n) is 12.2. The summed E-state index contributed by atoms with van der Waals surface area (Å²) in [6.45, 7) is 0. The molecule has 3 amide bonds. The van der Waals surface area contributed by atoms with E-state index in [-0.39, 0.29) is 9.80 Å². The number of carbonyl (C=O) groups is 2. The average Bonchev–Trinajstić information content (AvgIpc) is 2.42. The van der Waals surface area contributed by atoms with Crippen molar-refractivity contribution in [3.05, 3.63) is 23.0 Å². The van der Waals surface area contributed by atoms with Crippen LogP contribution in [0, 0.1) is 5.82 Å². The lowest BCUT2D eigenvalue weighted by molar-refractivity contribution is -0.179. The van der Waals surface area contributed by atoms with Crippen LogP contribution in [0.4, 0.5) is 28.0 Å². The van der Waals surface area contributed by atoms with Gasteiger partial charge in [-0.3, -0.25) is 9.35 Å². The molecule has 1 fully saturated rings. The monoisotopic (exact) mass is 404 g/mol. The first-order chi connectivity index (χ1) is 11.2. The third kappa shape index (κ3) is 3.55. The van der Waals surface area contributed by atoms with Crippen molar-refractivity contribution in [2.75, 3.05) is 11.9 Å². The van der Waals surface area contributed by atoms with Crippen molar-refractivity contribution < 1.29 is 40.1 Å². The van der Waals surface area contributed by atoms with Crippen molar-refractivity contribution in [1.82, 2.24) is 4.90 Å². The van der Waals surface area contributed by atoms with E-state index in [0.29, 0.717) is 12.1 Å². The number of benzene rings is 1. The molecule has 0 saturated carbocycles. The largest absolute Gasteiger partial charge is 0.409 e. The molecule has 0 aliphatic carbocycles. The van der Waals surface area contributed by atoms with E-state index in [1.54, 1.807) is 0 Å². The molecule has 2 rings (SSSR count). The summed E-state index contributed by atoms with van der Waals surface area (Å²) in [6.07, 6.45) is -6.07. The lowest BCUT2D eigenvalue weighted by atomic mass is 10.1. The van der Waals surface area contributed by atoms with Gasteiger partial charge in [0.2, 0.25) is 5.91 Å². The maximum atomic E-state index is 14.1. The normalized spacial score (nSPS) is 19.6. The number of hydrogen-bond acceptors (Lipinski definition) is 4. The minimum absolute atomic E-state index is 0.0581. The number of urea groups is 1. The number of amides is 3. The Kier molecular flexibility index (Phi) is 4.74. The summed E-state index contributed by atoms with van der Waals surface area (Å²) >= 11 is 5.48. The van der Waals surface area contributed by atoms with Gasteiger partial charge in [-0.2, -0.15) is 21.6 Å². The van der Waals surface area contributed by atoms with E-state index in [9.17, 15) is 35.6 Å². The fraction of sp³-hybridized carbons (Fsp3) is 0.333. The molecule has 138 valence electrons. The third-order valence-electron chi connectivity index (χ3n) is 3.48. The van der Waals surface area contributed by atoms with E-state index < -0.39 is 62.1 Å². The van der Waals surface area contributed by atoms with E-state index in [4.69, 9.17) is 16.2 Å². The topological polar surface area (TPSA) is 95.0 Å². The molecule has 25 heavy (non-hydrogen) atoms. The molecule has 1 aromatic carbocycles. The predicted octanol–water partition coefficient (Wildman–Crippen LogP) is 2.45. The highest BCUT2D eigenvalue weighted by molar-refractivity contribution is 7.86. The molecule has 0 spiro atoms. The summed E-state index contributed by atoms with van der Waals surface area (Å²) in [6, 6.07) is -3.11. The minimum atomic E-state index is -4.94. The van der Waals surface area contributed by atoms with Gasteiger partial charge in [0, 0.05) is 7.05 Å². The van der Waals surface area contributed by atoms with Gasteiger partial charge in [-0.15, -0.1) is 0 Å². The summed E-state index contributed by atoms with van der Waals surface area (Å²) in [4.78, 5) is 23.3. The highest BCUT2D eigenvalue weighted by Gasteiger charge is 2.51. The van der Waals surface area contributed by atoms with Crippen LogP contribution in [-0.2, 0) is 14.9 Å². The zero-order valence-corrected chi connectivity index (χ0v) is 13.8. The van der Waals surface area contributed by atoms with Crippen molar-refractivity contribution in [2.45, 2.75) is 23.5 Å². The van der Waals surface area contributed by atoms with Gasteiger partial charge in [-0.25, -0.2) is 14.1 Å². The Morgan fingerprint density at radius 1 is 1.28 bits per heavy atom. The van der Waals surface area contributed by atoms with Crippen molar-refractivity contribution >= 4 is 39.3 Å². The lowest BCUT2D eigenvalue weighted by Crippen LogP contribution is -2.60. The molecule has 1 atom stereocenters. The van der Waals surface area contributed by atoms with E-state index >= 15 is 0 Å². The maximum Gasteiger partial charge on any atom is 0.409 e. The predicted molar refractivity (Wildman–Crippen MR) is 76.3 cm³/mol. The zero-order chi connectivity index (χ0) is 19.3. The van der Waals surface area contributed by atoms with Crippen LogP contribution < -0.4 is 4.90 Å². The quantitative estimate of drug-likeness (QED) is 0.603. The molecule has 1 saturated heterocycles. The van der Waals surface area contributed by atoms with E-state index in [1.807, 2.05) is 0 Å². The van der Waals surface area contributed by atoms with Crippen molar-refractivity contribution in [3.63, 3.8) is 0 Å². The van der Waals surface area contributed by atoms with Gasteiger partial charge in [0.25, 0.3) is 10.1 Å². The molecule has 0 bridgehead atoms. The summed E-state index contributed by atoms with van der Waals surface area (Å²) < 4.78 is 84.1. The number of rotatable bonds is 2. The first kappa shape index (κ1) is 19.4. The molecule has 0 radical (unpaired) electrons. The Morgan fingerprint density at radius 2 is 1.84 bits per heavy atom. The van der Waals surface area contributed by atoms with E-state index in [1.165, 1.54) is 0 Å². The lowest BCUT2D eigenvalue weighted by Gasteiger charge is -2.38. The number of halogens is 5. The summed E-state index contributed by atoms with van der Waals surface area (Å²) in [7, 11) is -4.17. The van der Waals surface area contributed by atoms with Crippen LogP contribution in [0.2, 0.25) is 5.02 Å². The molecule has 1 heterocycles. The Labute approximate surface area is 143 Å². The van der Waals surface area contributed by atoms with Crippen LogP contribution >= 0.6 is 11.6 Å². The maximum absolute atomic E-state index is 14.1. The Balaban J connectivity index is 2.56. The number of anilines is 1. The molecular formula is C12H9ClF4N2O5S. The second-order valence-corrected chi connectivity index (χ2v) is 6.89. The van der Waals surface area contributed by atoms with Crippen molar-refractivity contribution in [2.24, 2.45) is 0 Å². The van der Waals surface area contributed by atoms with Gasteiger partial charge < -0.3 is 4.90 Å². The Morgan fingerprint density at radius 3 is 2.32 bits per heavy atom. The first-order valence-corrected chi connectivity index (χ1v) is 8.20. The van der Waals surface area contributed by atoms with Gasteiger partial charge >= 0.3 is 12.2 Å². The summed E-state index contributed by atoms with van der Waals surface area (Å²) in [5.74, 6) is -2.73. The fourth-order valence-electron chi connectivity index (χ4n) is 2.25. The molecule has 13 heteroatoms. The van der Waals surface area contributed by atoms with Gasteiger partial charge in [-0.05, 0) is 12.1 Å². The highest BCUT2D eigenvalue weighted by Crippen LogP contribution is 2.36. The number of imide groups is 1. The summed E-state index contributed by atoms with van der Waals surface area (Å²) in [5, 5.41) is -0.734. The first-order valence-electron chi connectivity index (χ1n) is 6.38. The summed E-state index contributed by atoms with van der Waals surface area (Å²) in [5.41, 5.74) is -0.945. The smallest absolute Gasteiger partial charge is 0.314 e. The molecule has 0 aromatic heterocycles. The standard InChI is InChI=1S/C12H9ClF4N2O5S/c1-18-9(12(15,16)17)4-10(20)19(11(18)21)7-3-8(25(22,23)24)5(13)2-6(7)14/h2-3,9H,4H2,1H3,(H,22,23,24). The molecule has 1 aromatic rings. The number of alkyl halides is 3. The molecule has 1 unspecified atom stereocenters. The van der Waals surface area contributed by atoms with E-state index in [2.05, 4.69) is 0 Å².